The number of amides is 1. The summed E-state index contributed by atoms with van der Waals surface area (Å²) in [5.74, 6) is 2.17. The Balaban J connectivity index is 1.32. The fraction of sp³-hybridized carbons (Fsp3) is 0.391. The summed E-state index contributed by atoms with van der Waals surface area (Å²) in [7, 11) is 0. The quantitative estimate of drug-likeness (QED) is 0.582. The van der Waals surface area contributed by atoms with Crippen LogP contribution in [0, 0.1) is 0 Å². The molecule has 0 radical (unpaired) electrons. The molecule has 0 saturated carbocycles. The minimum atomic E-state index is -0.272. The molecule has 1 amide bonds. The molecule has 1 aliphatic rings. The minimum absolute atomic E-state index is 0.0956. The normalized spacial score (nSPS) is 13.2. The van der Waals surface area contributed by atoms with Gasteiger partial charge in [0.25, 0.3) is 0 Å². The van der Waals surface area contributed by atoms with Crippen molar-refractivity contribution in [1.29, 1.82) is 0 Å². The van der Waals surface area contributed by atoms with Crippen molar-refractivity contribution in [3.05, 3.63) is 64.5 Å². The summed E-state index contributed by atoms with van der Waals surface area (Å²) in [5.41, 5.74) is 0.601. The maximum absolute atomic E-state index is 12.5. The maximum atomic E-state index is 12.5. The van der Waals surface area contributed by atoms with Crippen LogP contribution in [0.15, 0.2) is 47.4 Å². The summed E-state index contributed by atoms with van der Waals surface area (Å²) in [6.45, 7) is 3.33. The Morgan fingerprint density at radius 1 is 1.12 bits per heavy atom. The number of carbonyl (C=O) groups excluding carboxylic acids is 1. The minimum Gasteiger partial charge on any atom is -0.490 e. The largest absolute Gasteiger partial charge is 0.490 e. The molecular weight excluding hydrogens is 410 g/mol. The Hall–Kier alpha value is -3.62. The Kier molecular flexibility index (Phi) is 6.84. The van der Waals surface area contributed by atoms with E-state index >= 15 is 0 Å². The van der Waals surface area contributed by atoms with E-state index in [4.69, 9.17) is 9.47 Å². The van der Waals surface area contributed by atoms with Gasteiger partial charge in [0, 0.05) is 31.8 Å². The number of aryl methyl sites for hydroxylation is 1. The van der Waals surface area contributed by atoms with E-state index < -0.39 is 0 Å². The van der Waals surface area contributed by atoms with E-state index in [1.807, 2.05) is 37.3 Å². The average molecular weight is 438 g/mol. The molecule has 3 heterocycles. The van der Waals surface area contributed by atoms with Gasteiger partial charge in [-0.3, -0.25) is 9.36 Å². The smallest absolute Gasteiger partial charge is 0.346 e. The van der Waals surface area contributed by atoms with Gasteiger partial charge in [0.2, 0.25) is 11.8 Å². The molecule has 32 heavy (non-hydrogen) atoms. The van der Waals surface area contributed by atoms with Crippen molar-refractivity contribution in [3.8, 4) is 17.4 Å². The number of nitrogens with one attached hydrogen (secondary N) is 1. The van der Waals surface area contributed by atoms with E-state index in [1.54, 1.807) is 16.8 Å². The Labute approximate surface area is 186 Å². The number of carbonyl (C=O) groups is 1. The highest BCUT2D eigenvalue weighted by molar-refractivity contribution is 5.75. The van der Waals surface area contributed by atoms with Crippen LogP contribution >= 0.6 is 0 Å². The van der Waals surface area contributed by atoms with Crippen LogP contribution in [-0.2, 0) is 30.8 Å². The Morgan fingerprint density at radius 3 is 2.75 bits per heavy atom. The summed E-state index contributed by atoms with van der Waals surface area (Å²) >= 11 is 0. The molecule has 9 nitrogen and oxygen atoms in total. The van der Waals surface area contributed by atoms with E-state index in [1.165, 1.54) is 4.68 Å². The molecule has 0 bridgehead atoms. The lowest BCUT2D eigenvalue weighted by Gasteiger charge is -2.11. The third-order valence-corrected chi connectivity index (χ3v) is 5.23. The second kappa shape index (κ2) is 10.1. The predicted octanol–water partition coefficient (Wildman–Crippen LogP) is 2.67. The first kappa shape index (κ1) is 21.6. The summed E-state index contributed by atoms with van der Waals surface area (Å²) in [6, 6.07) is 11.0. The molecule has 4 rings (SSSR count). The zero-order valence-corrected chi connectivity index (χ0v) is 18.1. The molecule has 3 aromatic rings. The van der Waals surface area contributed by atoms with Crippen LogP contribution in [0.5, 0.6) is 17.4 Å². The molecule has 1 N–H and O–H groups in total. The number of nitrogens with zero attached hydrogens (tertiary/aromatic N) is 4. The van der Waals surface area contributed by atoms with Gasteiger partial charge >= 0.3 is 5.69 Å². The highest BCUT2D eigenvalue weighted by atomic mass is 16.5. The van der Waals surface area contributed by atoms with E-state index in [2.05, 4.69) is 15.4 Å². The van der Waals surface area contributed by atoms with Gasteiger partial charge in [-0.2, -0.15) is 5.10 Å². The fourth-order valence-electron chi connectivity index (χ4n) is 3.62. The Bertz CT molecular complexity index is 1120. The van der Waals surface area contributed by atoms with Crippen LogP contribution in [0.4, 0.5) is 0 Å². The lowest BCUT2D eigenvalue weighted by atomic mass is 10.2. The molecule has 0 unspecified atom stereocenters. The lowest BCUT2D eigenvalue weighted by Crippen LogP contribution is -2.33. The van der Waals surface area contributed by atoms with Crippen LogP contribution in [0.2, 0.25) is 0 Å². The van der Waals surface area contributed by atoms with E-state index in [0.717, 1.165) is 37.1 Å². The molecule has 0 saturated heterocycles. The zero-order valence-electron chi connectivity index (χ0n) is 18.1. The number of benzene rings is 1. The van der Waals surface area contributed by atoms with Gasteiger partial charge < -0.3 is 14.8 Å². The van der Waals surface area contributed by atoms with Crippen molar-refractivity contribution in [2.45, 2.75) is 52.2 Å². The van der Waals surface area contributed by atoms with Crippen molar-refractivity contribution in [3.63, 3.8) is 0 Å². The monoisotopic (exact) mass is 437 g/mol. The van der Waals surface area contributed by atoms with E-state index in [0.29, 0.717) is 37.1 Å². The summed E-state index contributed by atoms with van der Waals surface area (Å²) in [5, 5.41) is 7.16. The van der Waals surface area contributed by atoms with Crippen molar-refractivity contribution < 1.29 is 14.3 Å². The second-order valence-corrected chi connectivity index (χ2v) is 7.58. The second-order valence-electron chi connectivity index (χ2n) is 7.58. The average Bonchev–Trinajstić information content (AvgIpc) is 2.95. The molecular formula is C23H27N5O4. The fourth-order valence-corrected chi connectivity index (χ4v) is 3.62. The summed E-state index contributed by atoms with van der Waals surface area (Å²) in [6.07, 6.45) is 5.50. The number of pyridine rings is 1. The molecule has 1 aliphatic heterocycles. The van der Waals surface area contributed by atoms with Gasteiger partial charge in [-0.15, -0.1) is 0 Å². The van der Waals surface area contributed by atoms with Gasteiger partial charge in [-0.05, 0) is 37.5 Å². The molecule has 2 aromatic heterocycles. The van der Waals surface area contributed by atoms with Crippen LogP contribution in [0.3, 0.4) is 0 Å². The van der Waals surface area contributed by atoms with Gasteiger partial charge in [-0.25, -0.2) is 14.5 Å². The molecule has 0 fully saturated rings. The number of ether oxygens (including phenoxy) is 2. The summed E-state index contributed by atoms with van der Waals surface area (Å²) in [4.78, 5) is 29.1. The van der Waals surface area contributed by atoms with Crippen molar-refractivity contribution in [1.82, 2.24) is 24.6 Å². The molecule has 9 heteroatoms. The standard InChI is InChI=1S/C23H27N5O4/c1-2-31-18-8-5-6-9-19(18)32-22-12-11-17(15-25-22)14-24-21(29)16-28-23(30)27-13-7-3-4-10-20(27)26-28/h5-6,8-9,11-12,15H,2-4,7,10,13-14,16H2,1H3,(H,24,29). The van der Waals surface area contributed by atoms with Gasteiger partial charge in [0.15, 0.2) is 11.5 Å². The number of para-hydroxylation sites is 2. The first-order valence-electron chi connectivity index (χ1n) is 10.9. The first-order valence-corrected chi connectivity index (χ1v) is 10.9. The molecule has 168 valence electrons. The predicted molar refractivity (Wildman–Crippen MR) is 118 cm³/mol. The van der Waals surface area contributed by atoms with Crippen molar-refractivity contribution >= 4 is 5.91 Å². The molecule has 0 atom stereocenters. The maximum Gasteiger partial charge on any atom is 0.346 e. The van der Waals surface area contributed by atoms with E-state index in [-0.39, 0.29) is 18.1 Å². The highest BCUT2D eigenvalue weighted by Gasteiger charge is 2.17. The first-order chi connectivity index (χ1) is 15.6. The zero-order chi connectivity index (χ0) is 22.3. The van der Waals surface area contributed by atoms with E-state index in [9.17, 15) is 9.59 Å². The van der Waals surface area contributed by atoms with Gasteiger partial charge in [-0.1, -0.05) is 24.6 Å². The van der Waals surface area contributed by atoms with Gasteiger partial charge in [0.1, 0.15) is 12.4 Å². The van der Waals surface area contributed by atoms with Crippen LogP contribution in [0.1, 0.15) is 37.6 Å². The van der Waals surface area contributed by atoms with Crippen LogP contribution in [-0.4, -0.2) is 31.8 Å². The lowest BCUT2D eigenvalue weighted by molar-refractivity contribution is -0.122. The number of rotatable bonds is 8. The van der Waals surface area contributed by atoms with Crippen LogP contribution < -0.4 is 20.5 Å². The highest BCUT2D eigenvalue weighted by Crippen LogP contribution is 2.30. The molecule has 1 aromatic carbocycles. The van der Waals surface area contributed by atoms with Crippen molar-refractivity contribution in [2.75, 3.05) is 6.61 Å². The van der Waals surface area contributed by atoms with Crippen molar-refractivity contribution in [2.24, 2.45) is 0 Å². The van der Waals surface area contributed by atoms with Crippen LogP contribution in [0.25, 0.3) is 0 Å². The number of hydrogen-bond donors (Lipinski definition) is 1. The number of hydrogen-bond acceptors (Lipinski definition) is 6. The molecule has 0 spiro atoms. The third kappa shape index (κ3) is 5.16. The molecule has 0 aliphatic carbocycles. The Morgan fingerprint density at radius 2 is 1.97 bits per heavy atom. The number of fused-ring (bicyclic) bond motifs is 1. The topological polar surface area (TPSA) is 100 Å². The van der Waals surface area contributed by atoms with Gasteiger partial charge in [0.05, 0.1) is 6.61 Å². The third-order valence-electron chi connectivity index (χ3n) is 5.23. The number of aromatic nitrogens is 4. The SMILES string of the molecule is CCOc1ccccc1Oc1ccc(CNC(=O)Cn2nc3n(c2=O)CCCCC3)cn1. The summed E-state index contributed by atoms with van der Waals surface area (Å²) < 4.78 is 14.3.